The number of aromatic nitrogens is 2. The Morgan fingerprint density at radius 1 is 1.16 bits per heavy atom. The van der Waals surface area contributed by atoms with Gasteiger partial charge in [0.15, 0.2) is 0 Å². The zero-order chi connectivity index (χ0) is 17.6. The Labute approximate surface area is 151 Å². The number of aryl methyl sites for hydroxylation is 1. The van der Waals surface area contributed by atoms with Crippen LogP contribution in [-0.2, 0) is 11.3 Å². The number of amides is 1. The van der Waals surface area contributed by atoms with Gasteiger partial charge in [-0.3, -0.25) is 9.69 Å². The first-order valence-electron chi connectivity index (χ1n) is 8.48. The molecule has 0 spiro atoms. The third kappa shape index (κ3) is 5.06. The van der Waals surface area contributed by atoms with Crippen molar-refractivity contribution in [1.82, 2.24) is 19.4 Å². The number of hydrogen-bond acceptors (Lipinski definition) is 4. The smallest absolute Gasteiger partial charge is 0.233 e. The van der Waals surface area contributed by atoms with Gasteiger partial charge in [0.1, 0.15) is 11.6 Å². The van der Waals surface area contributed by atoms with Crippen LogP contribution in [0.3, 0.4) is 0 Å². The molecule has 1 aromatic heterocycles. The Morgan fingerprint density at radius 3 is 2.52 bits per heavy atom. The average molecular weight is 362 g/mol. The molecule has 0 bridgehead atoms. The van der Waals surface area contributed by atoms with Crippen molar-refractivity contribution in [3.63, 3.8) is 0 Å². The number of carbonyl (C=O) groups is 1. The Bertz CT molecular complexity index is 695. The van der Waals surface area contributed by atoms with Gasteiger partial charge >= 0.3 is 0 Å². The van der Waals surface area contributed by atoms with Gasteiger partial charge in [0.25, 0.3) is 0 Å². The summed E-state index contributed by atoms with van der Waals surface area (Å²) in [7, 11) is 0. The number of thioether (sulfide) groups is 1. The fourth-order valence-electron chi connectivity index (χ4n) is 2.88. The van der Waals surface area contributed by atoms with Crippen molar-refractivity contribution in [3.8, 4) is 0 Å². The van der Waals surface area contributed by atoms with E-state index >= 15 is 0 Å². The van der Waals surface area contributed by atoms with Gasteiger partial charge in [0, 0.05) is 56.6 Å². The first kappa shape index (κ1) is 17.9. The second-order valence-corrected chi connectivity index (χ2v) is 7.18. The Hall–Kier alpha value is -1.86. The molecule has 25 heavy (non-hydrogen) atoms. The summed E-state index contributed by atoms with van der Waals surface area (Å²) >= 11 is 1.46. The molecule has 134 valence electrons. The second-order valence-electron chi connectivity index (χ2n) is 6.13. The van der Waals surface area contributed by atoms with Crippen molar-refractivity contribution in [2.24, 2.45) is 0 Å². The molecule has 3 rings (SSSR count). The standard InChI is InChI=1S/C18H23FN4OS/c1-15-20-6-7-22(15)11-8-21-9-12-23(13-10-21)18(24)14-25-17-4-2-16(19)3-5-17/h2-7H,8-14H2,1H3. The molecule has 0 radical (unpaired) electrons. The Morgan fingerprint density at radius 2 is 1.88 bits per heavy atom. The quantitative estimate of drug-likeness (QED) is 0.740. The summed E-state index contributed by atoms with van der Waals surface area (Å²) < 4.78 is 15.0. The summed E-state index contributed by atoms with van der Waals surface area (Å²) in [6.07, 6.45) is 3.83. The van der Waals surface area contributed by atoms with Crippen LogP contribution in [0.5, 0.6) is 0 Å². The van der Waals surface area contributed by atoms with Gasteiger partial charge < -0.3 is 9.47 Å². The molecule has 2 heterocycles. The molecule has 1 saturated heterocycles. The molecule has 1 fully saturated rings. The zero-order valence-electron chi connectivity index (χ0n) is 14.4. The lowest BCUT2D eigenvalue weighted by Gasteiger charge is -2.34. The lowest BCUT2D eigenvalue weighted by molar-refractivity contribution is -0.130. The summed E-state index contributed by atoms with van der Waals surface area (Å²) in [6.45, 7) is 7.26. The maximum atomic E-state index is 12.9. The summed E-state index contributed by atoms with van der Waals surface area (Å²) in [5, 5.41) is 0. The van der Waals surface area contributed by atoms with E-state index in [9.17, 15) is 9.18 Å². The van der Waals surface area contributed by atoms with Gasteiger partial charge in [0.05, 0.1) is 5.75 Å². The molecular weight excluding hydrogens is 339 g/mol. The monoisotopic (exact) mass is 362 g/mol. The molecule has 1 amide bonds. The van der Waals surface area contributed by atoms with Crippen LogP contribution in [0, 0.1) is 12.7 Å². The molecule has 2 aromatic rings. The molecule has 0 aliphatic carbocycles. The van der Waals surface area contributed by atoms with Crippen molar-refractivity contribution in [2.45, 2.75) is 18.4 Å². The number of benzene rings is 1. The Kier molecular flexibility index (Phi) is 6.09. The number of piperazine rings is 1. The van der Waals surface area contributed by atoms with E-state index in [2.05, 4.69) is 14.5 Å². The van der Waals surface area contributed by atoms with E-state index in [1.165, 1.54) is 23.9 Å². The SMILES string of the molecule is Cc1nccn1CCN1CCN(C(=O)CSc2ccc(F)cc2)CC1. The molecule has 1 aliphatic heterocycles. The van der Waals surface area contributed by atoms with E-state index in [1.54, 1.807) is 12.1 Å². The van der Waals surface area contributed by atoms with Crippen LogP contribution in [0.2, 0.25) is 0 Å². The van der Waals surface area contributed by atoms with Crippen LogP contribution in [-0.4, -0.2) is 63.7 Å². The highest BCUT2D eigenvalue weighted by Crippen LogP contribution is 2.19. The Balaban J connectivity index is 1.38. The summed E-state index contributed by atoms with van der Waals surface area (Å²) in [6, 6.07) is 6.27. The van der Waals surface area contributed by atoms with E-state index in [0.717, 1.165) is 50.0 Å². The first-order valence-corrected chi connectivity index (χ1v) is 9.46. The third-order valence-corrected chi connectivity index (χ3v) is 5.48. The molecule has 0 N–H and O–H groups in total. The predicted octanol–water partition coefficient (Wildman–Crippen LogP) is 2.27. The zero-order valence-corrected chi connectivity index (χ0v) is 15.2. The minimum atomic E-state index is -0.252. The number of hydrogen-bond donors (Lipinski definition) is 0. The van der Waals surface area contributed by atoms with Crippen molar-refractivity contribution < 1.29 is 9.18 Å². The summed E-state index contributed by atoms with van der Waals surface area (Å²) in [5.41, 5.74) is 0. The highest BCUT2D eigenvalue weighted by atomic mass is 32.2. The fourth-order valence-corrected chi connectivity index (χ4v) is 3.68. The van der Waals surface area contributed by atoms with Gasteiger partial charge in [-0.25, -0.2) is 9.37 Å². The number of rotatable bonds is 6. The fraction of sp³-hybridized carbons (Fsp3) is 0.444. The molecule has 7 heteroatoms. The van der Waals surface area contributed by atoms with Crippen LogP contribution in [0.1, 0.15) is 5.82 Å². The lowest BCUT2D eigenvalue weighted by atomic mass is 10.3. The minimum absolute atomic E-state index is 0.152. The van der Waals surface area contributed by atoms with E-state index in [1.807, 2.05) is 24.2 Å². The third-order valence-electron chi connectivity index (χ3n) is 4.48. The number of halogens is 1. The summed E-state index contributed by atoms with van der Waals surface area (Å²) in [5.74, 6) is 1.34. The van der Waals surface area contributed by atoms with Gasteiger partial charge in [-0.2, -0.15) is 0 Å². The van der Waals surface area contributed by atoms with Crippen molar-refractivity contribution in [3.05, 3.63) is 48.3 Å². The van der Waals surface area contributed by atoms with Crippen molar-refractivity contribution in [1.29, 1.82) is 0 Å². The normalized spacial score (nSPS) is 15.5. The van der Waals surface area contributed by atoms with Gasteiger partial charge in [0.2, 0.25) is 5.91 Å². The number of imidazole rings is 1. The minimum Gasteiger partial charge on any atom is -0.339 e. The largest absolute Gasteiger partial charge is 0.339 e. The van der Waals surface area contributed by atoms with E-state index < -0.39 is 0 Å². The van der Waals surface area contributed by atoms with Crippen LogP contribution < -0.4 is 0 Å². The van der Waals surface area contributed by atoms with Crippen LogP contribution >= 0.6 is 11.8 Å². The maximum absolute atomic E-state index is 12.9. The molecule has 0 unspecified atom stereocenters. The van der Waals surface area contributed by atoms with Crippen molar-refractivity contribution in [2.75, 3.05) is 38.5 Å². The predicted molar refractivity (Wildman–Crippen MR) is 97.1 cm³/mol. The molecule has 5 nitrogen and oxygen atoms in total. The van der Waals surface area contributed by atoms with Crippen molar-refractivity contribution >= 4 is 17.7 Å². The second kappa shape index (κ2) is 8.49. The summed E-state index contributed by atoms with van der Waals surface area (Å²) in [4.78, 5) is 21.8. The topological polar surface area (TPSA) is 41.4 Å². The van der Waals surface area contributed by atoms with Gasteiger partial charge in [-0.15, -0.1) is 11.8 Å². The number of nitrogens with zero attached hydrogens (tertiary/aromatic N) is 4. The van der Waals surface area contributed by atoms with Gasteiger partial charge in [-0.05, 0) is 31.2 Å². The van der Waals surface area contributed by atoms with Crippen LogP contribution in [0.4, 0.5) is 4.39 Å². The molecule has 0 saturated carbocycles. The van der Waals surface area contributed by atoms with E-state index in [0.29, 0.717) is 5.75 Å². The van der Waals surface area contributed by atoms with E-state index in [-0.39, 0.29) is 11.7 Å². The lowest BCUT2D eigenvalue weighted by Crippen LogP contribution is -2.49. The number of carbonyl (C=O) groups excluding carboxylic acids is 1. The van der Waals surface area contributed by atoms with Crippen LogP contribution in [0.25, 0.3) is 0 Å². The van der Waals surface area contributed by atoms with Gasteiger partial charge in [-0.1, -0.05) is 0 Å². The van der Waals surface area contributed by atoms with Crippen LogP contribution in [0.15, 0.2) is 41.6 Å². The highest BCUT2D eigenvalue weighted by molar-refractivity contribution is 8.00. The average Bonchev–Trinajstić information content (AvgIpc) is 3.04. The molecular formula is C18H23FN4OS. The highest BCUT2D eigenvalue weighted by Gasteiger charge is 2.20. The first-order chi connectivity index (χ1) is 12.1. The molecule has 1 aromatic carbocycles. The molecule has 1 aliphatic rings. The van der Waals surface area contributed by atoms with E-state index in [4.69, 9.17) is 0 Å². The molecule has 0 atom stereocenters. The maximum Gasteiger partial charge on any atom is 0.233 e.